The lowest BCUT2D eigenvalue weighted by atomic mass is 10.2. The first-order valence-corrected chi connectivity index (χ1v) is 9.49. The fourth-order valence-corrected chi connectivity index (χ4v) is 7.68. The maximum Gasteiger partial charge on any atom is 0.416 e. The zero-order valence-corrected chi connectivity index (χ0v) is 13.1. The van der Waals surface area contributed by atoms with E-state index in [9.17, 15) is 13.2 Å². The van der Waals surface area contributed by atoms with Crippen molar-refractivity contribution in [2.45, 2.75) is 68.9 Å². The van der Waals surface area contributed by atoms with Crippen LogP contribution in [-0.4, -0.2) is 11.3 Å². The van der Waals surface area contributed by atoms with E-state index in [0.717, 1.165) is 11.3 Å². The van der Waals surface area contributed by atoms with E-state index in [1.54, 1.807) is 12.1 Å². The summed E-state index contributed by atoms with van der Waals surface area (Å²) in [6.45, 7) is 0. The number of hydrogen-bond donors (Lipinski definition) is 0. The molecule has 0 N–H and O–H groups in total. The Balaban J connectivity index is 1.85. The van der Waals surface area contributed by atoms with Gasteiger partial charge in [0, 0.05) is 0 Å². The molecular formula is C17H22F3P. The minimum absolute atomic E-state index is 0.274. The van der Waals surface area contributed by atoms with Crippen molar-refractivity contribution in [2.24, 2.45) is 0 Å². The van der Waals surface area contributed by atoms with Crippen LogP contribution in [0.3, 0.4) is 0 Å². The number of benzene rings is 1. The highest BCUT2D eigenvalue weighted by atomic mass is 31.1. The van der Waals surface area contributed by atoms with Crippen molar-refractivity contribution in [3.8, 4) is 0 Å². The molecule has 2 saturated carbocycles. The monoisotopic (exact) mass is 314 g/mol. The molecule has 2 aliphatic carbocycles. The van der Waals surface area contributed by atoms with E-state index in [4.69, 9.17) is 0 Å². The van der Waals surface area contributed by atoms with Crippen LogP contribution < -0.4 is 5.30 Å². The van der Waals surface area contributed by atoms with Crippen LogP contribution >= 0.6 is 7.92 Å². The van der Waals surface area contributed by atoms with Crippen molar-refractivity contribution in [3.63, 3.8) is 0 Å². The highest BCUT2D eigenvalue weighted by Crippen LogP contribution is 2.56. The van der Waals surface area contributed by atoms with E-state index in [1.807, 2.05) is 0 Å². The molecule has 0 heterocycles. The van der Waals surface area contributed by atoms with Gasteiger partial charge in [0.1, 0.15) is 0 Å². The van der Waals surface area contributed by atoms with Crippen LogP contribution in [0.25, 0.3) is 0 Å². The third-order valence-corrected chi connectivity index (χ3v) is 8.43. The summed E-state index contributed by atoms with van der Waals surface area (Å²) in [7, 11) is -0.274. The molecule has 4 heteroatoms. The molecule has 0 radical (unpaired) electrons. The van der Waals surface area contributed by atoms with Gasteiger partial charge in [-0.2, -0.15) is 13.2 Å². The zero-order chi connectivity index (χ0) is 14.9. The van der Waals surface area contributed by atoms with Crippen molar-refractivity contribution in [1.82, 2.24) is 0 Å². The first-order valence-electron chi connectivity index (χ1n) is 8.01. The lowest BCUT2D eigenvalue weighted by molar-refractivity contribution is -0.137. The third-order valence-electron chi connectivity index (χ3n) is 4.93. The maximum absolute atomic E-state index is 12.7. The molecule has 0 aromatic heterocycles. The molecule has 0 saturated heterocycles. The molecule has 3 rings (SSSR count). The lowest BCUT2D eigenvalue weighted by Gasteiger charge is -2.30. The van der Waals surface area contributed by atoms with E-state index in [1.165, 1.54) is 68.8 Å². The van der Waals surface area contributed by atoms with Crippen LogP contribution in [0.2, 0.25) is 0 Å². The van der Waals surface area contributed by atoms with Gasteiger partial charge in [-0.05, 0) is 54.4 Å². The molecule has 0 nitrogen and oxygen atoms in total. The summed E-state index contributed by atoms with van der Waals surface area (Å²) in [6.07, 6.45) is 6.11. The minimum Gasteiger partial charge on any atom is -0.166 e. The molecule has 0 atom stereocenters. The topological polar surface area (TPSA) is 0 Å². The van der Waals surface area contributed by atoms with Crippen molar-refractivity contribution >= 4 is 13.2 Å². The Morgan fingerprint density at radius 1 is 0.762 bits per heavy atom. The van der Waals surface area contributed by atoms with Crippen molar-refractivity contribution in [1.29, 1.82) is 0 Å². The summed E-state index contributed by atoms with van der Waals surface area (Å²) in [5, 5.41) is 1.21. The molecule has 0 bridgehead atoms. The third kappa shape index (κ3) is 3.44. The average molecular weight is 314 g/mol. The van der Waals surface area contributed by atoms with Gasteiger partial charge in [0.2, 0.25) is 0 Å². The highest BCUT2D eigenvalue weighted by molar-refractivity contribution is 7.67. The first kappa shape index (κ1) is 15.3. The summed E-state index contributed by atoms with van der Waals surface area (Å²) < 4.78 is 38.2. The van der Waals surface area contributed by atoms with E-state index in [-0.39, 0.29) is 7.92 Å². The quantitative estimate of drug-likeness (QED) is 0.628. The molecule has 2 aliphatic rings. The van der Waals surface area contributed by atoms with Crippen molar-refractivity contribution in [3.05, 3.63) is 29.8 Å². The second kappa shape index (κ2) is 6.28. The van der Waals surface area contributed by atoms with Crippen LogP contribution in [0.5, 0.6) is 0 Å². The van der Waals surface area contributed by atoms with E-state index in [0.29, 0.717) is 0 Å². The number of hydrogen-bond acceptors (Lipinski definition) is 0. The van der Waals surface area contributed by atoms with Gasteiger partial charge in [-0.3, -0.25) is 0 Å². The van der Waals surface area contributed by atoms with E-state index < -0.39 is 11.7 Å². The predicted octanol–water partition coefficient (Wildman–Crippen LogP) is 5.70. The number of rotatable bonds is 3. The van der Waals surface area contributed by atoms with Crippen LogP contribution in [0, 0.1) is 0 Å². The molecule has 0 spiro atoms. The largest absolute Gasteiger partial charge is 0.416 e. The maximum atomic E-state index is 12.7. The van der Waals surface area contributed by atoms with Gasteiger partial charge in [-0.25, -0.2) is 0 Å². The Hall–Kier alpha value is -0.560. The van der Waals surface area contributed by atoms with Gasteiger partial charge in [0.05, 0.1) is 5.56 Å². The Morgan fingerprint density at radius 2 is 1.19 bits per heavy atom. The Morgan fingerprint density at radius 3 is 1.57 bits per heavy atom. The van der Waals surface area contributed by atoms with Crippen LogP contribution in [0.4, 0.5) is 13.2 Å². The Bertz CT molecular complexity index is 438. The molecule has 0 amide bonds. The van der Waals surface area contributed by atoms with Crippen molar-refractivity contribution < 1.29 is 13.2 Å². The minimum atomic E-state index is -4.22. The van der Waals surface area contributed by atoms with Gasteiger partial charge in [0.25, 0.3) is 0 Å². The van der Waals surface area contributed by atoms with E-state index >= 15 is 0 Å². The fourth-order valence-electron chi connectivity index (χ4n) is 3.91. The smallest absolute Gasteiger partial charge is 0.166 e. The van der Waals surface area contributed by atoms with Gasteiger partial charge in [0.15, 0.2) is 0 Å². The molecular weight excluding hydrogens is 292 g/mol. The molecule has 2 fully saturated rings. The summed E-state index contributed by atoms with van der Waals surface area (Å²) in [4.78, 5) is 0. The van der Waals surface area contributed by atoms with Crippen LogP contribution in [-0.2, 0) is 6.18 Å². The number of alkyl halides is 3. The Kier molecular flexibility index (Phi) is 4.59. The summed E-state index contributed by atoms with van der Waals surface area (Å²) in [5.74, 6) is 0. The highest BCUT2D eigenvalue weighted by Gasteiger charge is 2.35. The number of halogens is 3. The molecule has 21 heavy (non-hydrogen) atoms. The Labute approximate surface area is 125 Å². The van der Waals surface area contributed by atoms with Gasteiger partial charge >= 0.3 is 6.18 Å². The second-order valence-electron chi connectivity index (χ2n) is 6.33. The van der Waals surface area contributed by atoms with Gasteiger partial charge in [-0.15, -0.1) is 0 Å². The van der Waals surface area contributed by atoms with Gasteiger partial charge < -0.3 is 0 Å². The average Bonchev–Trinajstić information content (AvgIpc) is 3.12. The summed E-state index contributed by atoms with van der Waals surface area (Å²) >= 11 is 0. The molecule has 1 aromatic carbocycles. The van der Waals surface area contributed by atoms with Crippen molar-refractivity contribution in [2.75, 3.05) is 0 Å². The van der Waals surface area contributed by atoms with Crippen LogP contribution in [0.1, 0.15) is 56.9 Å². The zero-order valence-electron chi connectivity index (χ0n) is 12.2. The van der Waals surface area contributed by atoms with E-state index in [2.05, 4.69) is 0 Å². The first-order chi connectivity index (χ1) is 10.1. The standard InChI is InChI=1S/C17H22F3P/c18-17(19,20)13-9-11-16(12-10-13)21(14-5-1-2-6-14)15-7-3-4-8-15/h9-12,14-15H,1-8H2. The fraction of sp³-hybridized carbons (Fsp3) is 0.647. The normalized spacial score (nSPS) is 21.5. The second-order valence-corrected chi connectivity index (χ2v) is 9.12. The molecule has 1 aromatic rings. The predicted molar refractivity (Wildman–Crippen MR) is 82.5 cm³/mol. The van der Waals surface area contributed by atoms with Crippen LogP contribution in [0.15, 0.2) is 24.3 Å². The molecule has 116 valence electrons. The molecule has 0 aliphatic heterocycles. The van der Waals surface area contributed by atoms with Gasteiger partial charge in [-0.1, -0.05) is 45.7 Å². The SMILES string of the molecule is FC(F)(F)c1ccc(P(C2CCCC2)C2CCCC2)cc1. The lowest BCUT2D eigenvalue weighted by Crippen LogP contribution is -2.19. The summed E-state index contributed by atoms with van der Waals surface area (Å²) in [5.41, 5.74) is 0.985. The summed E-state index contributed by atoms with van der Waals surface area (Å²) in [6, 6.07) is 6.11. The molecule has 0 unspecified atom stereocenters.